The first-order valence-electron chi connectivity index (χ1n) is 10.3. The van der Waals surface area contributed by atoms with E-state index in [1.54, 1.807) is 14.2 Å². The maximum atomic E-state index is 5.73. The highest BCUT2D eigenvalue weighted by molar-refractivity contribution is 5.60. The van der Waals surface area contributed by atoms with Crippen LogP contribution in [0.1, 0.15) is 31.3 Å². The standard InChI is InChI=1S/C23H27N3O5/c1-14(2)22(15-5-8-18-20(11-15)30-10-9-29-18)24-13-21-25-23(26-31-21)16-6-7-17(27-3)19(12-16)28-4/h5-8,11-12,14,22,24H,9-10,13H2,1-4H3/t22-/m1/s1. The van der Waals surface area contributed by atoms with Crippen LogP contribution < -0.4 is 24.3 Å². The molecule has 2 heterocycles. The Morgan fingerprint density at radius 1 is 0.968 bits per heavy atom. The zero-order valence-electron chi connectivity index (χ0n) is 18.2. The summed E-state index contributed by atoms with van der Waals surface area (Å²) in [6.45, 7) is 5.92. The third-order valence-corrected chi connectivity index (χ3v) is 5.18. The van der Waals surface area contributed by atoms with Crippen molar-refractivity contribution in [2.24, 2.45) is 5.92 Å². The van der Waals surface area contributed by atoms with E-state index in [0.29, 0.717) is 48.9 Å². The van der Waals surface area contributed by atoms with Crippen LogP contribution in [0.2, 0.25) is 0 Å². The molecule has 164 valence electrons. The van der Waals surface area contributed by atoms with Gasteiger partial charge in [0.15, 0.2) is 23.0 Å². The number of rotatable bonds is 8. The highest BCUT2D eigenvalue weighted by Crippen LogP contribution is 2.35. The van der Waals surface area contributed by atoms with Crippen molar-refractivity contribution >= 4 is 0 Å². The van der Waals surface area contributed by atoms with Crippen molar-refractivity contribution in [1.82, 2.24) is 15.5 Å². The summed E-state index contributed by atoms with van der Waals surface area (Å²) in [6.07, 6.45) is 0. The molecule has 8 nitrogen and oxygen atoms in total. The number of methoxy groups -OCH3 is 2. The first-order chi connectivity index (χ1) is 15.1. The van der Waals surface area contributed by atoms with Gasteiger partial charge in [0.1, 0.15) is 13.2 Å². The second kappa shape index (κ2) is 9.26. The van der Waals surface area contributed by atoms with Crippen LogP contribution in [0.5, 0.6) is 23.0 Å². The molecule has 1 atom stereocenters. The van der Waals surface area contributed by atoms with Gasteiger partial charge in [-0.15, -0.1) is 0 Å². The smallest absolute Gasteiger partial charge is 0.240 e. The molecule has 4 rings (SSSR count). The van der Waals surface area contributed by atoms with Gasteiger partial charge in [0.2, 0.25) is 11.7 Å². The van der Waals surface area contributed by atoms with E-state index >= 15 is 0 Å². The molecular weight excluding hydrogens is 398 g/mol. The van der Waals surface area contributed by atoms with Gasteiger partial charge in [0.05, 0.1) is 20.8 Å². The molecule has 8 heteroatoms. The van der Waals surface area contributed by atoms with Gasteiger partial charge in [0, 0.05) is 11.6 Å². The van der Waals surface area contributed by atoms with E-state index in [-0.39, 0.29) is 6.04 Å². The van der Waals surface area contributed by atoms with Crippen molar-refractivity contribution in [1.29, 1.82) is 0 Å². The van der Waals surface area contributed by atoms with E-state index in [9.17, 15) is 0 Å². The Bertz CT molecular complexity index is 1030. The van der Waals surface area contributed by atoms with Crippen molar-refractivity contribution in [2.75, 3.05) is 27.4 Å². The first-order valence-corrected chi connectivity index (χ1v) is 10.3. The number of nitrogens with zero attached hydrogens (tertiary/aromatic N) is 2. The van der Waals surface area contributed by atoms with Gasteiger partial charge in [-0.2, -0.15) is 4.98 Å². The van der Waals surface area contributed by atoms with Crippen LogP contribution in [0.25, 0.3) is 11.4 Å². The molecule has 0 spiro atoms. The predicted octanol–water partition coefficient (Wildman–Crippen LogP) is 4.01. The number of hydrogen-bond donors (Lipinski definition) is 1. The third kappa shape index (κ3) is 4.59. The SMILES string of the molecule is COc1ccc(-c2noc(CN[C@@H](c3ccc4c(c3)OCCO4)C(C)C)n2)cc1OC. The fourth-order valence-corrected chi connectivity index (χ4v) is 3.61. The molecule has 0 saturated heterocycles. The molecule has 1 aliphatic rings. The summed E-state index contributed by atoms with van der Waals surface area (Å²) in [5.41, 5.74) is 1.92. The van der Waals surface area contributed by atoms with Crippen LogP contribution in [-0.4, -0.2) is 37.6 Å². The van der Waals surface area contributed by atoms with Crippen LogP contribution in [0, 0.1) is 5.92 Å². The summed E-state index contributed by atoms with van der Waals surface area (Å²) in [5.74, 6) is 4.18. The molecule has 1 aliphatic heterocycles. The van der Waals surface area contributed by atoms with Crippen LogP contribution in [-0.2, 0) is 6.54 Å². The van der Waals surface area contributed by atoms with Crippen molar-refractivity contribution in [3.8, 4) is 34.4 Å². The second-order valence-corrected chi connectivity index (χ2v) is 7.59. The van der Waals surface area contributed by atoms with E-state index in [1.165, 1.54) is 0 Å². The lowest BCUT2D eigenvalue weighted by molar-refractivity contribution is 0.171. The molecule has 1 N–H and O–H groups in total. The zero-order valence-corrected chi connectivity index (χ0v) is 18.2. The average molecular weight is 425 g/mol. The van der Waals surface area contributed by atoms with Gasteiger partial charge in [-0.3, -0.25) is 0 Å². The molecule has 0 fully saturated rings. The summed E-state index contributed by atoms with van der Waals surface area (Å²) in [7, 11) is 3.19. The number of benzene rings is 2. The Morgan fingerprint density at radius 3 is 2.48 bits per heavy atom. The minimum Gasteiger partial charge on any atom is -0.493 e. The molecular formula is C23H27N3O5. The Kier molecular flexibility index (Phi) is 6.27. The number of aromatic nitrogens is 2. The normalized spacial score (nSPS) is 13.8. The van der Waals surface area contributed by atoms with Crippen molar-refractivity contribution in [2.45, 2.75) is 26.4 Å². The van der Waals surface area contributed by atoms with E-state index in [0.717, 1.165) is 22.6 Å². The summed E-state index contributed by atoms with van der Waals surface area (Å²) in [4.78, 5) is 4.53. The van der Waals surface area contributed by atoms with Crippen molar-refractivity contribution < 1.29 is 23.5 Å². The fraction of sp³-hybridized carbons (Fsp3) is 0.391. The second-order valence-electron chi connectivity index (χ2n) is 7.59. The molecule has 0 saturated carbocycles. The molecule has 0 radical (unpaired) electrons. The molecule has 0 bridgehead atoms. The number of nitrogens with one attached hydrogen (secondary N) is 1. The number of fused-ring (bicyclic) bond motifs is 1. The maximum absolute atomic E-state index is 5.73. The van der Waals surface area contributed by atoms with E-state index in [2.05, 4.69) is 35.4 Å². The van der Waals surface area contributed by atoms with Crippen molar-refractivity contribution in [3.63, 3.8) is 0 Å². The number of hydrogen-bond acceptors (Lipinski definition) is 8. The van der Waals surface area contributed by atoms with Crippen LogP contribution in [0.4, 0.5) is 0 Å². The molecule has 2 aromatic carbocycles. The Balaban J connectivity index is 1.48. The predicted molar refractivity (Wildman–Crippen MR) is 115 cm³/mol. The molecule has 3 aromatic rings. The van der Waals surface area contributed by atoms with Crippen LogP contribution in [0.15, 0.2) is 40.9 Å². The average Bonchev–Trinajstić information content (AvgIpc) is 3.27. The summed E-state index contributed by atoms with van der Waals surface area (Å²) in [5, 5.41) is 7.64. The van der Waals surface area contributed by atoms with Crippen LogP contribution >= 0.6 is 0 Å². The van der Waals surface area contributed by atoms with Gasteiger partial charge in [-0.05, 0) is 41.8 Å². The van der Waals surface area contributed by atoms with Gasteiger partial charge >= 0.3 is 0 Å². The lowest BCUT2D eigenvalue weighted by Crippen LogP contribution is -2.26. The molecule has 0 amide bonds. The van der Waals surface area contributed by atoms with E-state index in [4.69, 9.17) is 23.5 Å². The van der Waals surface area contributed by atoms with Crippen LogP contribution in [0.3, 0.4) is 0 Å². The van der Waals surface area contributed by atoms with Gasteiger partial charge in [-0.25, -0.2) is 0 Å². The fourth-order valence-electron chi connectivity index (χ4n) is 3.61. The van der Waals surface area contributed by atoms with Gasteiger partial charge < -0.3 is 28.8 Å². The molecule has 1 aromatic heterocycles. The lowest BCUT2D eigenvalue weighted by Gasteiger charge is -2.25. The highest BCUT2D eigenvalue weighted by Gasteiger charge is 2.21. The van der Waals surface area contributed by atoms with Gasteiger partial charge in [0.25, 0.3) is 0 Å². The van der Waals surface area contributed by atoms with Gasteiger partial charge in [-0.1, -0.05) is 25.1 Å². The minimum absolute atomic E-state index is 0.0901. The molecule has 0 aliphatic carbocycles. The molecule has 0 unspecified atom stereocenters. The Morgan fingerprint density at radius 2 is 1.74 bits per heavy atom. The largest absolute Gasteiger partial charge is 0.493 e. The minimum atomic E-state index is 0.0901. The summed E-state index contributed by atoms with van der Waals surface area (Å²) < 4.78 is 27.5. The highest BCUT2D eigenvalue weighted by atomic mass is 16.6. The number of ether oxygens (including phenoxy) is 4. The lowest BCUT2D eigenvalue weighted by atomic mass is 9.95. The van der Waals surface area contributed by atoms with Crippen molar-refractivity contribution in [3.05, 3.63) is 47.9 Å². The molecule has 31 heavy (non-hydrogen) atoms. The third-order valence-electron chi connectivity index (χ3n) is 5.18. The summed E-state index contributed by atoms with van der Waals surface area (Å²) in [6, 6.07) is 11.7. The topological polar surface area (TPSA) is 87.9 Å². The van der Waals surface area contributed by atoms with E-state index in [1.807, 2.05) is 30.3 Å². The quantitative estimate of drug-likeness (QED) is 0.579. The monoisotopic (exact) mass is 425 g/mol. The Labute approximate surface area is 181 Å². The van der Waals surface area contributed by atoms with E-state index < -0.39 is 0 Å². The Hall–Kier alpha value is -3.26. The zero-order chi connectivity index (χ0) is 21.8. The first kappa shape index (κ1) is 21.0. The maximum Gasteiger partial charge on any atom is 0.240 e. The summed E-state index contributed by atoms with van der Waals surface area (Å²) >= 11 is 0.